The van der Waals surface area contributed by atoms with E-state index in [1.807, 2.05) is 0 Å². The molecule has 2 atom stereocenters. The van der Waals surface area contributed by atoms with Gasteiger partial charge in [-0.3, -0.25) is 4.79 Å². The maximum Gasteiger partial charge on any atom is 0.141 e. The highest BCUT2D eigenvalue weighted by Gasteiger charge is 2.41. The Morgan fingerprint density at radius 3 is 2.79 bits per heavy atom. The molecule has 0 heterocycles. The number of carbonyl (C=O) groups is 1. The van der Waals surface area contributed by atoms with Gasteiger partial charge in [-0.2, -0.15) is 0 Å². The smallest absolute Gasteiger partial charge is 0.141 e. The van der Waals surface area contributed by atoms with Crippen LogP contribution in [-0.2, 0) is 4.79 Å². The zero-order valence-electron chi connectivity index (χ0n) is 7.76. The van der Waals surface area contributed by atoms with Crippen LogP contribution in [0.2, 0.25) is 5.02 Å². The Morgan fingerprint density at radius 1 is 1.57 bits per heavy atom. The van der Waals surface area contributed by atoms with Crippen LogP contribution in [0, 0.1) is 11.7 Å². The molecule has 0 N–H and O–H groups in total. The average Bonchev–Trinajstić information content (AvgIpc) is 2.89. The van der Waals surface area contributed by atoms with Gasteiger partial charge in [-0.05, 0) is 37.0 Å². The maximum absolute atomic E-state index is 12.8. The Labute approximate surface area is 86.9 Å². The highest BCUT2D eigenvalue weighted by Crippen LogP contribution is 2.48. The van der Waals surface area contributed by atoms with Gasteiger partial charge in [-0.25, -0.2) is 4.39 Å². The van der Waals surface area contributed by atoms with Crippen molar-refractivity contribution in [2.45, 2.75) is 19.3 Å². The van der Waals surface area contributed by atoms with Crippen LogP contribution in [0.5, 0.6) is 0 Å². The van der Waals surface area contributed by atoms with Crippen molar-refractivity contribution in [1.82, 2.24) is 0 Å². The number of rotatable bonds is 2. The van der Waals surface area contributed by atoms with E-state index in [1.54, 1.807) is 19.1 Å². The Balaban J connectivity index is 2.20. The second kappa shape index (κ2) is 3.35. The lowest BCUT2D eigenvalue weighted by atomic mass is 10.1. The standard InChI is InChI=1S/C11H10ClFO/c1-6(14)8-5-9(8)7-2-3-11(13)10(12)4-7/h2-4,8-9H,5H2,1H3. The molecule has 2 rings (SSSR count). The van der Waals surface area contributed by atoms with Gasteiger partial charge >= 0.3 is 0 Å². The third-order valence-electron chi connectivity index (χ3n) is 2.68. The van der Waals surface area contributed by atoms with Gasteiger partial charge in [0.05, 0.1) is 5.02 Å². The van der Waals surface area contributed by atoms with E-state index in [-0.39, 0.29) is 22.6 Å². The monoisotopic (exact) mass is 212 g/mol. The van der Waals surface area contributed by atoms with Gasteiger partial charge in [0.2, 0.25) is 0 Å². The SMILES string of the molecule is CC(=O)C1CC1c1ccc(F)c(Cl)c1. The van der Waals surface area contributed by atoms with Gasteiger partial charge in [0.15, 0.2) is 0 Å². The summed E-state index contributed by atoms with van der Waals surface area (Å²) in [4.78, 5) is 11.0. The van der Waals surface area contributed by atoms with Gasteiger partial charge in [0.1, 0.15) is 11.6 Å². The summed E-state index contributed by atoms with van der Waals surface area (Å²) in [6.45, 7) is 1.59. The summed E-state index contributed by atoms with van der Waals surface area (Å²) >= 11 is 5.65. The molecule has 3 heteroatoms. The Bertz CT molecular complexity index is 389. The van der Waals surface area contributed by atoms with Crippen LogP contribution >= 0.6 is 11.6 Å². The van der Waals surface area contributed by atoms with Crippen molar-refractivity contribution in [1.29, 1.82) is 0 Å². The lowest BCUT2D eigenvalue weighted by Crippen LogP contribution is -1.94. The number of hydrogen-bond acceptors (Lipinski definition) is 1. The molecule has 1 aliphatic rings. The van der Waals surface area contributed by atoms with Crippen molar-refractivity contribution in [3.05, 3.63) is 34.6 Å². The van der Waals surface area contributed by atoms with E-state index in [9.17, 15) is 9.18 Å². The summed E-state index contributed by atoms with van der Waals surface area (Å²) in [6, 6.07) is 4.67. The fraction of sp³-hybridized carbons (Fsp3) is 0.364. The van der Waals surface area contributed by atoms with Crippen LogP contribution in [0.25, 0.3) is 0 Å². The van der Waals surface area contributed by atoms with Gasteiger partial charge < -0.3 is 0 Å². The Hall–Kier alpha value is -0.890. The Morgan fingerprint density at radius 2 is 2.29 bits per heavy atom. The third-order valence-corrected chi connectivity index (χ3v) is 2.97. The minimum Gasteiger partial charge on any atom is -0.300 e. The van der Waals surface area contributed by atoms with Crippen LogP contribution in [0.4, 0.5) is 4.39 Å². The zero-order valence-corrected chi connectivity index (χ0v) is 8.51. The molecular weight excluding hydrogens is 203 g/mol. The first-order valence-corrected chi connectivity index (χ1v) is 4.93. The van der Waals surface area contributed by atoms with Crippen LogP contribution in [0.15, 0.2) is 18.2 Å². The van der Waals surface area contributed by atoms with Gasteiger partial charge in [0.25, 0.3) is 0 Å². The molecule has 0 spiro atoms. The van der Waals surface area contributed by atoms with Gasteiger partial charge in [0, 0.05) is 5.92 Å². The van der Waals surface area contributed by atoms with E-state index < -0.39 is 5.82 Å². The quantitative estimate of drug-likeness (QED) is 0.736. The maximum atomic E-state index is 12.8. The third kappa shape index (κ3) is 1.67. The van der Waals surface area contributed by atoms with Gasteiger partial charge in [-0.15, -0.1) is 0 Å². The molecule has 2 unspecified atom stereocenters. The first kappa shape index (κ1) is 9.66. The normalized spacial score (nSPS) is 24.8. The molecule has 0 bridgehead atoms. The molecule has 0 aromatic heterocycles. The van der Waals surface area contributed by atoms with E-state index >= 15 is 0 Å². The molecule has 0 amide bonds. The molecule has 0 saturated heterocycles. The molecule has 74 valence electrons. The summed E-state index contributed by atoms with van der Waals surface area (Å²) in [5.41, 5.74) is 0.969. The minimum atomic E-state index is -0.407. The lowest BCUT2D eigenvalue weighted by Gasteiger charge is -2.00. The molecule has 1 aromatic carbocycles. The van der Waals surface area contributed by atoms with E-state index in [1.165, 1.54) is 6.07 Å². The second-order valence-electron chi connectivity index (χ2n) is 3.73. The van der Waals surface area contributed by atoms with Crippen LogP contribution in [0.3, 0.4) is 0 Å². The minimum absolute atomic E-state index is 0.122. The summed E-state index contributed by atoms with van der Waals surface area (Å²) in [7, 11) is 0. The van der Waals surface area contributed by atoms with Crippen LogP contribution in [0.1, 0.15) is 24.8 Å². The van der Waals surface area contributed by atoms with E-state index in [2.05, 4.69) is 0 Å². The molecule has 1 fully saturated rings. The van der Waals surface area contributed by atoms with Crippen molar-refractivity contribution in [2.24, 2.45) is 5.92 Å². The number of ketones is 1. The molecular formula is C11H10ClFO. The van der Waals surface area contributed by atoms with Crippen LogP contribution < -0.4 is 0 Å². The molecule has 14 heavy (non-hydrogen) atoms. The first-order chi connectivity index (χ1) is 6.59. The van der Waals surface area contributed by atoms with Crippen LogP contribution in [-0.4, -0.2) is 5.78 Å². The number of Topliss-reactive ketones (excluding diaryl/α,β-unsaturated/α-hetero) is 1. The summed E-state index contributed by atoms with van der Waals surface area (Å²) in [5, 5.41) is 0.136. The number of carbonyl (C=O) groups excluding carboxylic acids is 1. The van der Waals surface area contributed by atoms with E-state index in [4.69, 9.17) is 11.6 Å². The molecule has 1 aromatic rings. The largest absolute Gasteiger partial charge is 0.300 e. The van der Waals surface area contributed by atoms with Crippen molar-refractivity contribution >= 4 is 17.4 Å². The van der Waals surface area contributed by atoms with E-state index in [0.29, 0.717) is 0 Å². The summed E-state index contributed by atoms with van der Waals surface area (Å²) in [5.74, 6) is 0.174. The van der Waals surface area contributed by atoms with Crippen molar-refractivity contribution < 1.29 is 9.18 Å². The highest BCUT2D eigenvalue weighted by atomic mass is 35.5. The average molecular weight is 213 g/mol. The predicted molar refractivity (Wildman–Crippen MR) is 52.9 cm³/mol. The predicted octanol–water partition coefficient (Wildman–Crippen LogP) is 3.17. The van der Waals surface area contributed by atoms with Crippen molar-refractivity contribution in [3.8, 4) is 0 Å². The molecule has 1 aliphatic carbocycles. The Kier molecular flexibility index (Phi) is 2.31. The number of hydrogen-bond donors (Lipinski definition) is 0. The van der Waals surface area contributed by atoms with E-state index in [0.717, 1.165) is 12.0 Å². The topological polar surface area (TPSA) is 17.1 Å². The zero-order chi connectivity index (χ0) is 10.3. The number of halogens is 2. The second-order valence-corrected chi connectivity index (χ2v) is 4.14. The fourth-order valence-corrected chi connectivity index (χ4v) is 1.94. The van der Waals surface area contributed by atoms with Crippen molar-refractivity contribution in [2.75, 3.05) is 0 Å². The first-order valence-electron chi connectivity index (χ1n) is 4.55. The summed E-state index contributed by atoms with van der Waals surface area (Å²) in [6.07, 6.45) is 0.872. The lowest BCUT2D eigenvalue weighted by molar-refractivity contribution is -0.118. The molecule has 1 nitrogen and oxygen atoms in total. The van der Waals surface area contributed by atoms with Crippen molar-refractivity contribution in [3.63, 3.8) is 0 Å². The fourth-order valence-electron chi connectivity index (χ4n) is 1.76. The highest BCUT2D eigenvalue weighted by molar-refractivity contribution is 6.30. The number of benzene rings is 1. The molecule has 1 saturated carbocycles. The molecule has 0 aliphatic heterocycles. The molecule has 0 radical (unpaired) electrons. The summed E-state index contributed by atoms with van der Waals surface area (Å²) < 4.78 is 12.8. The van der Waals surface area contributed by atoms with Gasteiger partial charge in [-0.1, -0.05) is 17.7 Å².